The number of likely N-dealkylation sites (tertiary alicyclic amines) is 1. The third-order valence-corrected chi connectivity index (χ3v) is 4.99. The molecule has 0 unspecified atom stereocenters. The van der Waals surface area contributed by atoms with Gasteiger partial charge in [-0.3, -0.25) is 9.69 Å². The summed E-state index contributed by atoms with van der Waals surface area (Å²) in [5.41, 5.74) is 1.21. The Morgan fingerprint density at radius 3 is 2.25 bits per heavy atom. The minimum absolute atomic E-state index is 0.0566. The number of piperidine rings is 1. The monoisotopic (exact) mass is 333 g/mol. The van der Waals surface area contributed by atoms with Crippen LogP contribution in [0.5, 0.6) is 0 Å². The molecule has 1 aromatic rings. The highest BCUT2D eigenvalue weighted by Gasteiger charge is 2.16. The van der Waals surface area contributed by atoms with Gasteiger partial charge in [0, 0.05) is 18.8 Å². The van der Waals surface area contributed by atoms with Crippen molar-refractivity contribution < 1.29 is 9.18 Å². The summed E-state index contributed by atoms with van der Waals surface area (Å²) in [6.07, 6.45) is 8.26. The van der Waals surface area contributed by atoms with E-state index in [1.165, 1.54) is 25.3 Å². The maximum atomic E-state index is 14.5. The fourth-order valence-corrected chi connectivity index (χ4v) is 3.67. The summed E-state index contributed by atoms with van der Waals surface area (Å²) in [5, 5.41) is 2.83. The number of nitrogens with one attached hydrogen (secondary N) is 1. The molecule has 2 saturated heterocycles. The van der Waals surface area contributed by atoms with Gasteiger partial charge < -0.3 is 10.2 Å². The molecule has 1 N–H and O–H groups in total. The second-order valence-corrected chi connectivity index (χ2v) is 6.95. The van der Waals surface area contributed by atoms with Crippen LogP contribution in [0, 0.1) is 5.82 Å². The van der Waals surface area contributed by atoms with Gasteiger partial charge in [-0.15, -0.1) is 0 Å². The molecule has 24 heavy (non-hydrogen) atoms. The van der Waals surface area contributed by atoms with E-state index in [2.05, 4.69) is 15.1 Å². The SMILES string of the molecule is O=C(CN1CCCCC1)Nc1ccc(N2CCCCCC2)c(F)c1. The van der Waals surface area contributed by atoms with Crippen molar-refractivity contribution in [2.75, 3.05) is 42.9 Å². The lowest BCUT2D eigenvalue weighted by Gasteiger charge is -2.26. The average molecular weight is 333 g/mol. The highest BCUT2D eigenvalue weighted by molar-refractivity contribution is 5.92. The van der Waals surface area contributed by atoms with E-state index in [9.17, 15) is 9.18 Å². The second kappa shape index (κ2) is 8.47. The van der Waals surface area contributed by atoms with Gasteiger partial charge in [-0.25, -0.2) is 4.39 Å². The molecule has 1 aromatic carbocycles. The lowest BCUT2D eigenvalue weighted by molar-refractivity contribution is -0.117. The highest BCUT2D eigenvalue weighted by Crippen LogP contribution is 2.25. The first-order valence-corrected chi connectivity index (χ1v) is 9.29. The topological polar surface area (TPSA) is 35.6 Å². The van der Waals surface area contributed by atoms with Crippen molar-refractivity contribution in [3.63, 3.8) is 0 Å². The lowest BCUT2D eigenvalue weighted by Crippen LogP contribution is -2.36. The molecule has 5 heteroatoms. The Balaban J connectivity index is 1.58. The summed E-state index contributed by atoms with van der Waals surface area (Å²) in [7, 11) is 0. The van der Waals surface area contributed by atoms with Gasteiger partial charge in [-0.1, -0.05) is 19.3 Å². The Hall–Kier alpha value is -1.62. The fourth-order valence-electron chi connectivity index (χ4n) is 3.67. The molecule has 132 valence electrons. The number of rotatable bonds is 4. The molecule has 0 atom stereocenters. The molecule has 1 amide bonds. The maximum absolute atomic E-state index is 14.5. The predicted molar refractivity (Wildman–Crippen MR) is 96.0 cm³/mol. The lowest BCUT2D eigenvalue weighted by atomic mass is 10.1. The molecule has 2 aliphatic rings. The number of carbonyl (C=O) groups is 1. The van der Waals surface area contributed by atoms with Crippen molar-refractivity contribution in [1.82, 2.24) is 4.90 Å². The van der Waals surface area contributed by atoms with Crippen molar-refractivity contribution >= 4 is 17.3 Å². The van der Waals surface area contributed by atoms with Crippen LogP contribution in [0.15, 0.2) is 18.2 Å². The van der Waals surface area contributed by atoms with Gasteiger partial charge in [0.1, 0.15) is 5.82 Å². The molecule has 2 fully saturated rings. The summed E-state index contributed by atoms with van der Waals surface area (Å²) >= 11 is 0. The Morgan fingerprint density at radius 2 is 1.58 bits per heavy atom. The van der Waals surface area contributed by atoms with Gasteiger partial charge in [0.15, 0.2) is 0 Å². The summed E-state index contributed by atoms with van der Waals surface area (Å²) in [6.45, 7) is 4.19. The van der Waals surface area contributed by atoms with Crippen LogP contribution in [0.1, 0.15) is 44.9 Å². The zero-order chi connectivity index (χ0) is 16.8. The molecule has 3 rings (SSSR count). The van der Waals surface area contributed by atoms with Crippen LogP contribution in [0.2, 0.25) is 0 Å². The molecule has 0 saturated carbocycles. The minimum Gasteiger partial charge on any atom is -0.369 e. The number of amides is 1. The summed E-state index contributed by atoms with van der Waals surface area (Å²) in [6, 6.07) is 5.07. The minimum atomic E-state index is -0.243. The first kappa shape index (κ1) is 17.2. The van der Waals surface area contributed by atoms with Gasteiger partial charge in [0.25, 0.3) is 0 Å². The third kappa shape index (κ3) is 4.69. The predicted octanol–water partition coefficient (Wildman–Crippen LogP) is 3.63. The highest BCUT2D eigenvalue weighted by atomic mass is 19.1. The molecule has 0 aromatic heterocycles. The van der Waals surface area contributed by atoms with Crippen molar-refractivity contribution in [3.8, 4) is 0 Å². The quantitative estimate of drug-likeness (QED) is 0.914. The van der Waals surface area contributed by atoms with E-state index >= 15 is 0 Å². The van der Waals surface area contributed by atoms with E-state index in [0.717, 1.165) is 51.9 Å². The van der Waals surface area contributed by atoms with Crippen LogP contribution in [-0.4, -0.2) is 43.5 Å². The Bertz CT molecular complexity index is 550. The largest absolute Gasteiger partial charge is 0.369 e. The van der Waals surface area contributed by atoms with Crippen LogP contribution >= 0.6 is 0 Å². The number of nitrogens with zero attached hydrogens (tertiary/aromatic N) is 2. The summed E-state index contributed by atoms with van der Waals surface area (Å²) in [4.78, 5) is 16.4. The number of anilines is 2. The maximum Gasteiger partial charge on any atom is 0.238 e. The van der Waals surface area contributed by atoms with Crippen LogP contribution < -0.4 is 10.2 Å². The summed E-state index contributed by atoms with van der Waals surface area (Å²) < 4.78 is 14.5. The third-order valence-electron chi connectivity index (χ3n) is 4.99. The van der Waals surface area contributed by atoms with Crippen LogP contribution in [0.4, 0.5) is 15.8 Å². The zero-order valence-electron chi connectivity index (χ0n) is 14.4. The van der Waals surface area contributed by atoms with Gasteiger partial charge in [0.05, 0.1) is 12.2 Å². The van der Waals surface area contributed by atoms with E-state index in [-0.39, 0.29) is 11.7 Å². The van der Waals surface area contributed by atoms with Gasteiger partial charge in [-0.2, -0.15) is 0 Å². The normalized spacial score (nSPS) is 19.8. The van der Waals surface area contributed by atoms with Crippen molar-refractivity contribution in [1.29, 1.82) is 0 Å². The molecular weight excluding hydrogens is 305 g/mol. The van der Waals surface area contributed by atoms with Gasteiger partial charge >= 0.3 is 0 Å². The standard InChI is InChI=1S/C19H28FN3O/c20-17-14-16(21-19(24)15-22-10-4-3-5-11-22)8-9-18(17)23-12-6-1-2-7-13-23/h8-9,14H,1-7,10-13,15H2,(H,21,24). The molecule has 0 aliphatic carbocycles. The summed E-state index contributed by atoms with van der Waals surface area (Å²) in [5.74, 6) is -0.300. The number of halogens is 1. The number of hydrogen-bond donors (Lipinski definition) is 1. The van der Waals surface area contributed by atoms with Crippen LogP contribution in [0.3, 0.4) is 0 Å². The van der Waals surface area contributed by atoms with E-state index in [1.807, 2.05) is 6.07 Å². The van der Waals surface area contributed by atoms with E-state index < -0.39 is 0 Å². The first-order chi connectivity index (χ1) is 11.7. The van der Waals surface area contributed by atoms with E-state index in [0.29, 0.717) is 17.9 Å². The van der Waals surface area contributed by atoms with Gasteiger partial charge in [-0.05, 0) is 57.0 Å². The van der Waals surface area contributed by atoms with Crippen LogP contribution in [-0.2, 0) is 4.79 Å². The molecule has 2 aliphatic heterocycles. The molecule has 0 spiro atoms. The van der Waals surface area contributed by atoms with Crippen molar-refractivity contribution in [2.24, 2.45) is 0 Å². The van der Waals surface area contributed by atoms with E-state index in [4.69, 9.17) is 0 Å². The smallest absolute Gasteiger partial charge is 0.238 e. The fraction of sp³-hybridized carbons (Fsp3) is 0.632. The van der Waals surface area contributed by atoms with E-state index in [1.54, 1.807) is 6.07 Å². The molecule has 4 nitrogen and oxygen atoms in total. The zero-order valence-corrected chi connectivity index (χ0v) is 14.4. The first-order valence-electron chi connectivity index (χ1n) is 9.29. The molecule has 0 bridgehead atoms. The van der Waals surface area contributed by atoms with Crippen molar-refractivity contribution in [3.05, 3.63) is 24.0 Å². The molecule has 2 heterocycles. The number of hydrogen-bond acceptors (Lipinski definition) is 3. The Morgan fingerprint density at radius 1 is 0.958 bits per heavy atom. The number of carbonyl (C=O) groups excluding carboxylic acids is 1. The Kier molecular flexibility index (Phi) is 6.07. The number of benzene rings is 1. The molecular formula is C19H28FN3O. The van der Waals surface area contributed by atoms with Gasteiger partial charge in [0.2, 0.25) is 5.91 Å². The van der Waals surface area contributed by atoms with Crippen LogP contribution in [0.25, 0.3) is 0 Å². The average Bonchev–Trinajstić information content (AvgIpc) is 2.85. The molecule has 0 radical (unpaired) electrons. The van der Waals surface area contributed by atoms with Crippen molar-refractivity contribution in [2.45, 2.75) is 44.9 Å². The second-order valence-electron chi connectivity index (χ2n) is 6.95. The Labute approximate surface area is 144 Å².